The lowest BCUT2D eigenvalue weighted by Gasteiger charge is -2.15. The molecule has 4 rings (SSSR count). The second kappa shape index (κ2) is 6.67. The van der Waals surface area contributed by atoms with Crippen molar-refractivity contribution < 1.29 is 18.7 Å². The summed E-state index contributed by atoms with van der Waals surface area (Å²) in [7, 11) is 3.06. The minimum absolute atomic E-state index is 0.144. The molecule has 1 aliphatic heterocycles. The lowest BCUT2D eigenvalue weighted by molar-refractivity contribution is 0.0787. The van der Waals surface area contributed by atoms with Gasteiger partial charge in [0.05, 0.1) is 43.2 Å². The molecule has 2 aromatic carbocycles. The number of amides is 1. The van der Waals surface area contributed by atoms with Crippen molar-refractivity contribution in [1.82, 2.24) is 9.88 Å². The van der Waals surface area contributed by atoms with Crippen LogP contribution in [0.3, 0.4) is 0 Å². The summed E-state index contributed by atoms with van der Waals surface area (Å²) in [5, 5.41) is 0.534. The molecule has 0 aliphatic carbocycles. The molecule has 0 unspecified atom stereocenters. The van der Waals surface area contributed by atoms with E-state index in [-0.39, 0.29) is 11.5 Å². The number of methoxy groups -OCH3 is 2. The molecule has 1 amide bonds. The predicted octanol–water partition coefficient (Wildman–Crippen LogP) is 3.62. The van der Waals surface area contributed by atoms with E-state index in [2.05, 4.69) is 4.98 Å². The number of pyridine rings is 1. The number of anilines is 1. The number of rotatable bonds is 4. The molecule has 0 radical (unpaired) electrons. The average Bonchev–Trinajstić information content (AvgIpc) is 3.03. The summed E-state index contributed by atoms with van der Waals surface area (Å²) in [5.74, 6) is 0.449. The van der Waals surface area contributed by atoms with E-state index in [0.29, 0.717) is 58.0 Å². The number of hydrogen-bond donors (Lipinski definition) is 1. The van der Waals surface area contributed by atoms with Gasteiger partial charge in [0.1, 0.15) is 17.3 Å². The number of fused-ring (bicyclic) bond motifs is 2. The van der Waals surface area contributed by atoms with Crippen molar-refractivity contribution in [3.05, 3.63) is 47.4 Å². The van der Waals surface area contributed by atoms with Gasteiger partial charge < -0.3 is 20.1 Å². The Morgan fingerprint density at radius 1 is 1.18 bits per heavy atom. The molecule has 7 heteroatoms. The van der Waals surface area contributed by atoms with Gasteiger partial charge in [-0.3, -0.25) is 4.79 Å². The van der Waals surface area contributed by atoms with Gasteiger partial charge in [-0.15, -0.1) is 0 Å². The molecule has 0 fully saturated rings. The Labute approximate surface area is 161 Å². The number of aromatic nitrogens is 1. The van der Waals surface area contributed by atoms with Crippen molar-refractivity contribution in [2.24, 2.45) is 0 Å². The largest absolute Gasteiger partial charge is 0.497 e. The van der Waals surface area contributed by atoms with Crippen molar-refractivity contribution in [2.45, 2.75) is 13.5 Å². The van der Waals surface area contributed by atoms with E-state index < -0.39 is 5.82 Å². The molecule has 144 valence electrons. The monoisotopic (exact) mass is 381 g/mol. The molecule has 1 aromatic heterocycles. The summed E-state index contributed by atoms with van der Waals surface area (Å²) in [6, 6.07) is 8.04. The highest BCUT2D eigenvalue weighted by molar-refractivity contribution is 6.11. The Bertz CT molecular complexity index is 1110. The maximum absolute atomic E-state index is 15.0. The van der Waals surface area contributed by atoms with Crippen LogP contribution in [0.1, 0.15) is 23.0 Å². The summed E-state index contributed by atoms with van der Waals surface area (Å²) in [6.07, 6.45) is 0. The standard InChI is InChI=1S/C21H20FN3O3/c1-4-25-10-15-18(21(25)26)19(23)12-6-7-14(22)17(20(12)24-15)13-9-11(27-2)5-8-16(13)28-3/h5-9H,4,10H2,1-3H3,(H2,23,24). The van der Waals surface area contributed by atoms with Crippen LogP contribution in [0.15, 0.2) is 30.3 Å². The number of nitrogen functional groups attached to an aromatic ring is 1. The molecule has 0 saturated heterocycles. The summed E-state index contributed by atoms with van der Waals surface area (Å²) in [4.78, 5) is 18.9. The van der Waals surface area contributed by atoms with E-state index in [1.807, 2.05) is 6.92 Å². The third-order valence-electron chi connectivity index (χ3n) is 5.12. The molecule has 28 heavy (non-hydrogen) atoms. The van der Waals surface area contributed by atoms with Crippen molar-refractivity contribution in [2.75, 3.05) is 26.5 Å². The van der Waals surface area contributed by atoms with Crippen molar-refractivity contribution in [3.8, 4) is 22.6 Å². The normalized spacial score (nSPS) is 13.1. The molecule has 6 nitrogen and oxygen atoms in total. The molecule has 3 aromatic rings. The van der Waals surface area contributed by atoms with Crippen molar-refractivity contribution in [3.63, 3.8) is 0 Å². The highest BCUT2D eigenvalue weighted by Crippen LogP contribution is 2.41. The van der Waals surface area contributed by atoms with Crippen molar-refractivity contribution in [1.29, 1.82) is 0 Å². The number of benzene rings is 2. The molecule has 0 atom stereocenters. The number of carbonyl (C=O) groups is 1. The lowest BCUT2D eigenvalue weighted by Crippen LogP contribution is -2.23. The first-order valence-electron chi connectivity index (χ1n) is 8.92. The Morgan fingerprint density at radius 2 is 1.96 bits per heavy atom. The van der Waals surface area contributed by atoms with Gasteiger partial charge in [0.25, 0.3) is 5.91 Å². The zero-order chi connectivity index (χ0) is 20.0. The third-order valence-corrected chi connectivity index (χ3v) is 5.12. The topological polar surface area (TPSA) is 77.7 Å². The molecule has 2 N–H and O–H groups in total. The summed E-state index contributed by atoms with van der Waals surface area (Å²) in [5.41, 5.74) is 8.80. The van der Waals surface area contributed by atoms with E-state index in [0.717, 1.165) is 0 Å². The van der Waals surface area contributed by atoms with E-state index in [1.54, 1.807) is 36.3 Å². The smallest absolute Gasteiger partial charge is 0.258 e. The fourth-order valence-electron chi connectivity index (χ4n) is 3.67. The lowest BCUT2D eigenvalue weighted by atomic mass is 9.97. The predicted molar refractivity (Wildman–Crippen MR) is 105 cm³/mol. The molecular formula is C21H20FN3O3. The summed E-state index contributed by atoms with van der Waals surface area (Å²) < 4.78 is 25.7. The van der Waals surface area contributed by atoms with Gasteiger partial charge in [0, 0.05) is 23.1 Å². The maximum Gasteiger partial charge on any atom is 0.258 e. The minimum Gasteiger partial charge on any atom is -0.497 e. The van der Waals surface area contributed by atoms with Gasteiger partial charge in [-0.05, 0) is 37.3 Å². The number of hydrogen-bond acceptors (Lipinski definition) is 5. The van der Waals surface area contributed by atoms with E-state index in [9.17, 15) is 4.79 Å². The highest BCUT2D eigenvalue weighted by Gasteiger charge is 2.32. The fraction of sp³-hybridized carbons (Fsp3) is 0.238. The number of halogens is 1. The van der Waals surface area contributed by atoms with Gasteiger partial charge in [0.2, 0.25) is 0 Å². The van der Waals surface area contributed by atoms with Crippen LogP contribution in [-0.2, 0) is 6.54 Å². The number of nitrogens with zero attached hydrogens (tertiary/aromatic N) is 2. The fourth-order valence-corrected chi connectivity index (χ4v) is 3.67. The first kappa shape index (κ1) is 18.0. The minimum atomic E-state index is -0.456. The second-order valence-corrected chi connectivity index (χ2v) is 6.55. The van der Waals surface area contributed by atoms with Crippen LogP contribution in [0.4, 0.5) is 10.1 Å². The van der Waals surface area contributed by atoms with E-state index in [4.69, 9.17) is 15.2 Å². The van der Waals surface area contributed by atoms with Crippen LogP contribution in [0, 0.1) is 5.82 Å². The van der Waals surface area contributed by atoms with Crippen LogP contribution in [0.2, 0.25) is 0 Å². The number of ether oxygens (including phenoxy) is 2. The molecular weight excluding hydrogens is 361 g/mol. The number of nitrogens with two attached hydrogens (primary N) is 1. The average molecular weight is 381 g/mol. The maximum atomic E-state index is 15.0. The SMILES string of the molecule is CCN1Cc2nc3c(-c4cc(OC)ccc4OC)c(F)ccc3c(N)c2C1=O. The third kappa shape index (κ3) is 2.54. The summed E-state index contributed by atoms with van der Waals surface area (Å²) in [6.45, 7) is 2.80. The van der Waals surface area contributed by atoms with Gasteiger partial charge in [0.15, 0.2) is 0 Å². The van der Waals surface area contributed by atoms with Crippen LogP contribution in [0.25, 0.3) is 22.0 Å². The molecule has 1 aliphatic rings. The van der Waals surface area contributed by atoms with Gasteiger partial charge >= 0.3 is 0 Å². The Morgan fingerprint density at radius 3 is 2.64 bits per heavy atom. The Balaban J connectivity index is 2.06. The first-order valence-corrected chi connectivity index (χ1v) is 8.92. The zero-order valence-electron chi connectivity index (χ0n) is 15.9. The van der Waals surface area contributed by atoms with Crippen LogP contribution >= 0.6 is 0 Å². The van der Waals surface area contributed by atoms with Gasteiger partial charge in [-0.1, -0.05) is 0 Å². The van der Waals surface area contributed by atoms with Crippen molar-refractivity contribution >= 4 is 22.5 Å². The van der Waals surface area contributed by atoms with Crippen LogP contribution < -0.4 is 15.2 Å². The van der Waals surface area contributed by atoms with Crippen LogP contribution in [0.5, 0.6) is 11.5 Å². The van der Waals surface area contributed by atoms with Gasteiger partial charge in [-0.25, -0.2) is 9.37 Å². The Kier molecular flexibility index (Phi) is 4.30. The first-order chi connectivity index (χ1) is 13.5. The Hall–Kier alpha value is -3.35. The molecule has 0 bridgehead atoms. The molecule has 2 heterocycles. The summed E-state index contributed by atoms with van der Waals surface area (Å²) >= 11 is 0. The van der Waals surface area contributed by atoms with E-state index in [1.165, 1.54) is 13.2 Å². The van der Waals surface area contributed by atoms with Gasteiger partial charge in [-0.2, -0.15) is 0 Å². The molecule has 0 spiro atoms. The van der Waals surface area contributed by atoms with E-state index >= 15 is 4.39 Å². The second-order valence-electron chi connectivity index (χ2n) is 6.55. The van der Waals surface area contributed by atoms with Crippen LogP contribution in [-0.4, -0.2) is 36.6 Å². The number of carbonyl (C=O) groups excluding carboxylic acids is 1. The zero-order valence-corrected chi connectivity index (χ0v) is 15.9. The molecule has 0 saturated carbocycles. The highest BCUT2D eigenvalue weighted by atomic mass is 19.1. The quantitative estimate of drug-likeness (QED) is 0.747.